The molecular formula is C8H19ClSn. The predicted octanol–water partition coefficient (Wildman–Crippen LogP) is 3.55. The molecule has 0 nitrogen and oxygen atoms in total. The monoisotopic (exact) mass is 270 g/mol. The van der Waals surface area contributed by atoms with Crippen molar-refractivity contribution in [3.63, 3.8) is 0 Å². The smallest absolute Gasteiger partial charge is 0.147 e. The molecule has 62 valence electrons. The first kappa shape index (κ1) is 13.7. The van der Waals surface area contributed by atoms with Gasteiger partial charge in [-0.25, -0.2) is 0 Å². The number of rotatable bonds is 0. The molecule has 0 saturated heterocycles. The third-order valence-corrected chi connectivity index (χ3v) is 5.03. The average Bonchev–Trinajstić information content (AvgIpc) is 1.14. The van der Waals surface area contributed by atoms with Crippen LogP contribution in [-0.4, -0.2) is 21.1 Å². The summed E-state index contributed by atoms with van der Waals surface area (Å²) in [6, 6.07) is 0. The molecule has 0 saturated carbocycles. The molecule has 0 rings (SSSR count). The second kappa shape index (κ2) is 4.20. The third-order valence-electron chi connectivity index (χ3n) is 0.750. The first-order chi connectivity index (χ1) is 3.71. The van der Waals surface area contributed by atoms with Gasteiger partial charge in [-0.1, -0.05) is 0 Å². The Hall–Kier alpha value is 1.09. The van der Waals surface area contributed by atoms with E-state index in [1.54, 1.807) is 0 Å². The van der Waals surface area contributed by atoms with Gasteiger partial charge < -0.3 is 0 Å². The van der Waals surface area contributed by atoms with E-state index in [9.17, 15) is 0 Å². The first-order valence-corrected chi connectivity index (χ1v) is 6.35. The fourth-order valence-electron chi connectivity index (χ4n) is 1.12. The molecule has 0 fully saturated rings. The Bertz CT molecular complexity index is 74.4. The van der Waals surface area contributed by atoms with E-state index in [4.69, 9.17) is 0 Å². The van der Waals surface area contributed by atoms with Crippen molar-refractivity contribution in [1.82, 2.24) is 0 Å². The zero-order chi connectivity index (χ0) is 7.71. The summed E-state index contributed by atoms with van der Waals surface area (Å²) >= 11 is -0.182. The van der Waals surface area contributed by atoms with E-state index in [1.165, 1.54) is 0 Å². The zero-order valence-corrected chi connectivity index (χ0v) is 11.6. The maximum atomic E-state index is 2.37. The van der Waals surface area contributed by atoms with Crippen molar-refractivity contribution >= 4 is 33.5 Å². The van der Waals surface area contributed by atoms with Crippen molar-refractivity contribution < 1.29 is 0 Å². The molecule has 0 aliphatic carbocycles. The minimum atomic E-state index is -0.182. The number of hydrogen-bond donors (Lipinski definition) is 0. The van der Waals surface area contributed by atoms with Crippen molar-refractivity contribution in [2.24, 2.45) is 0 Å². The van der Waals surface area contributed by atoms with Crippen LogP contribution in [0.2, 0.25) is 6.86 Å². The normalized spacial score (nSPS) is 12.6. The third kappa shape index (κ3) is 11.8. The number of halogens is 1. The molecule has 0 bridgehead atoms. The van der Waals surface area contributed by atoms with Crippen LogP contribution in [0.25, 0.3) is 0 Å². The van der Waals surface area contributed by atoms with E-state index in [1.807, 2.05) is 0 Å². The molecule has 0 aromatic heterocycles. The van der Waals surface area contributed by atoms with Gasteiger partial charge in [0.2, 0.25) is 0 Å². The van der Waals surface area contributed by atoms with Crippen molar-refractivity contribution in [2.75, 3.05) is 0 Å². The van der Waals surface area contributed by atoms with Crippen LogP contribution < -0.4 is 0 Å². The van der Waals surface area contributed by atoms with Crippen LogP contribution in [0.4, 0.5) is 0 Å². The fraction of sp³-hybridized carbons (Fsp3) is 1.00. The van der Waals surface area contributed by atoms with Crippen molar-refractivity contribution in [1.29, 1.82) is 0 Å². The second-order valence-corrected chi connectivity index (χ2v) is 13.9. The Balaban J connectivity index is 0. The summed E-state index contributed by atoms with van der Waals surface area (Å²) in [6.45, 7) is 14.2. The van der Waals surface area contributed by atoms with E-state index < -0.39 is 0 Å². The van der Waals surface area contributed by atoms with E-state index in [2.05, 4.69) is 41.5 Å². The second-order valence-electron chi connectivity index (χ2n) is 4.62. The van der Waals surface area contributed by atoms with E-state index in [0.29, 0.717) is 6.86 Å². The SMILES string of the molecule is C[C](C)(C)[Sn][C](C)(C)C.Cl. The quantitative estimate of drug-likeness (QED) is 0.590. The van der Waals surface area contributed by atoms with E-state index in [0.717, 1.165) is 0 Å². The van der Waals surface area contributed by atoms with Crippen LogP contribution in [0.1, 0.15) is 41.5 Å². The molecule has 0 heterocycles. The largest absolute Gasteiger partial charge is 0.147 e. The van der Waals surface area contributed by atoms with Gasteiger partial charge in [0.25, 0.3) is 0 Å². The first-order valence-electron chi connectivity index (χ1n) is 3.50. The molecular weight excluding hydrogens is 250 g/mol. The maximum absolute atomic E-state index is 2.37. The summed E-state index contributed by atoms with van der Waals surface area (Å²) in [5, 5.41) is 0. The molecule has 0 aliphatic rings. The van der Waals surface area contributed by atoms with Crippen LogP contribution in [0.5, 0.6) is 0 Å². The molecule has 2 radical (unpaired) electrons. The molecule has 0 aromatic carbocycles. The summed E-state index contributed by atoms with van der Waals surface area (Å²) in [6.07, 6.45) is 0. The zero-order valence-electron chi connectivity index (χ0n) is 7.91. The number of hydrogen-bond acceptors (Lipinski definition) is 0. The average molecular weight is 269 g/mol. The Labute approximate surface area is 81.8 Å². The van der Waals surface area contributed by atoms with Gasteiger partial charge in [0.1, 0.15) is 0 Å². The molecule has 2 heteroatoms. The van der Waals surface area contributed by atoms with Gasteiger partial charge in [-0.05, 0) is 0 Å². The standard InChI is InChI=1S/2C4H9.ClH.Sn/c2*1-4(2)3;;/h2*1-3H3;1H;. The van der Waals surface area contributed by atoms with Crippen LogP contribution in [0.15, 0.2) is 0 Å². The summed E-state index contributed by atoms with van der Waals surface area (Å²) < 4.78 is 1.31. The van der Waals surface area contributed by atoms with Crippen LogP contribution in [-0.2, 0) is 0 Å². The van der Waals surface area contributed by atoms with E-state index in [-0.39, 0.29) is 33.5 Å². The van der Waals surface area contributed by atoms with Gasteiger partial charge in [0.05, 0.1) is 0 Å². The summed E-state index contributed by atoms with van der Waals surface area (Å²) in [5.74, 6) is 0. The summed E-state index contributed by atoms with van der Waals surface area (Å²) in [5.41, 5.74) is 0. The summed E-state index contributed by atoms with van der Waals surface area (Å²) in [7, 11) is 0. The molecule has 10 heavy (non-hydrogen) atoms. The molecule has 0 N–H and O–H groups in total. The van der Waals surface area contributed by atoms with Crippen LogP contribution in [0.3, 0.4) is 0 Å². The Morgan fingerprint density at radius 3 is 0.900 bits per heavy atom. The Kier molecular flexibility index (Phi) is 5.74. The van der Waals surface area contributed by atoms with Gasteiger partial charge in [0, 0.05) is 0 Å². The van der Waals surface area contributed by atoms with Gasteiger partial charge in [-0.3, -0.25) is 0 Å². The minimum Gasteiger partial charge on any atom is -0.147 e. The molecule has 0 aliphatic heterocycles. The van der Waals surface area contributed by atoms with Crippen molar-refractivity contribution in [2.45, 2.75) is 48.4 Å². The molecule has 0 amide bonds. The van der Waals surface area contributed by atoms with Crippen LogP contribution >= 0.6 is 12.4 Å². The molecule has 0 aromatic rings. The van der Waals surface area contributed by atoms with Crippen molar-refractivity contribution in [3.8, 4) is 0 Å². The Morgan fingerprint density at radius 2 is 0.900 bits per heavy atom. The molecule has 0 atom stereocenters. The Morgan fingerprint density at radius 1 is 0.700 bits per heavy atom. The minimum absolute atomic E-state index is 0. The van der Waals surface area contributed by atoms with E-state index >= 15 is 0 Å². The van der Waals surface area contributed by atoms with Gasteiger partial charge in [0.15, 0.2) is 0 Å². The maximum Gasteiger partial charge on any atom is -0.147 e. The summed E-state index contributed by atoms with van der Waals surface area (Å²) in [4.78, 5) is 0. The van der Waals surface area contributed by atoms with Crippen LogP contribution in [0, 0.1) is 0 Å². The molecule has 0 unspecified atom stereocenters. The van der Waals surface area contributed by atoms with Gasteiger partial charge >= 0.3 is 69.5 Å². The van der Waals surface area contributed by atoms with Gasteiger partial charge in [-0.2, -0.15) is 0 Å². The van der Waals surface area contributed by atoms with Crippen molar-refractivity contribution in [3.05, 3.63) is 0 Å². The fourth-order valence-corrected chi connectivity index (χ4v) is 7.55. The predicted molar refractivity (Wildman–Crippen MR) is 52.4 cm³/mol. The molecule has 0 spiro atoms. The van der Waals surface area contributed by atoms with Gasteiger partial charge in [-0.15, -0.1) is 12.4 Å². The topological polar surface area (TPSA) is 0 Å².